The maximum absolute atomic E-state index is 12.6. The maximum atomic E-state index is 12.6. The molecule has 1 aliphatic rings. The van der Waals surface area contributed by atoms with Gasteiger partial charge >= 0.3 is 6.03 Å². The van der Waals surface area contributed by atoms with Crippen LogP contribution in [0.25, 0.3) is 5.69 Å². The van der Waals surface area contributed by atoms with E-state index in [1.165, 1.54) is 5.56 Å². The molecule has 0 spiro atoms. The van der Waals surface area contributed by atoms with Crippen LogP contribution in [0.15, 0.2) is 48.5 Å². The van der Waals surface area contributed by atoms with Crippen molar-refractivity contribution >= 4 is 17.7 Å². The number of benzene rings is 2. The number of carbonyl (C=O) groups excluding carboxylic acids is 1. The van der Waals surface area contributed by atoms with E-state index in [1.807, 2.05) is 30.3 Å². The molecule has 1 aromatic heterocycles. The normalized spacial score (nSPS) is 13.9. The van der Waals surface area contributed by atoms with Crippen LogP contribution >= 0.6 is 0 Å². The highest BCUT2D eigenvalue weighted by Gasteiger charge is 2.25. The fourth-order valence-electron chi connectivity index (χ4n) is 3.47. The van der Waals surface area contributed by atoms with Crippen LogP contribution < -0.4 is 15.0 Å². The van der Waals surface area contributed by atoms with Crippen molar-refractivity contribution < 1.29 is 9.53 Å². The molecular formula is C21H25N7O2. The molecule has 0 atom stereocenters. The number of rotatable bonds is 5. The molecule has 9 heteroatoms. The quantitative estimate of drug-likeness (QED) is 0.699. The highest BCUT2D eigenvalue weighted by Crippen LogP contribution is 2.20. The zero-order valence-corrected chi connectivity index (χ0v) is 17.2. The third kappa shape index (κ3) is 4.19. The average Bonchev–Trinajstić information content (AvgIpc) is 3.29. The van der Waals surface area contributed by atoms with Crippen LogP contribution in [0.3, 0.4) is 0 Å². The zero-order chi connectivity index (χ0) is 20.9. The number of aryl methyl sites for hydroxylation is 1. The van der Waals surface area contributed by atoms with E-state index in [-0.39, 0.29) is 6.03 Å². The molecule has 2 amide bonds. The van der Waals surface area contributed by atoms with Gasteiger partial charge in [0.05, 0.1) is 12.8 Å². The second-order valence-corrected chi connectivity index (χ2v) is 7.05. The Morgan fingerprint density at radius 1 is 1.10 bits per heavy atom. The van der Waals surface area contributed by atoms with Crippen LogP contribution in [0.4, 0.5) is 16.4 Å². The highest BCUT2D eigenvalue weighted by atomic mass is 16.5. The summed E-state index contributed by atoms with van der Waals surface area (Å²) in [5, 5.41) is 15.2. The van der Waals surface area contributed by atoms with Crippen molar-refractivity contribution in [3.8, 4) is 11.4 Å². The van der Waals surface area contributed by atoms with Crippen molar-refractivity contribution in [2.45, 2.75) is 13.3 Å². The molecule has 9 nitrogen and oxygen atoms in total. The van der Waals surface area contributed by atoms with E-state index < -0.39 is 0 Å². The minimum absolute atomic E-state index is 0.127. The Kier molecular flexibility index (Phi) is 5.78. The molecular weight excluding hydrogens is 382 g/mol. The van der Waals surface area contributed by atoms with Gasteiger partial charge in [0.2, 0.25) is 5.95 Å². The van der Waals surface area contributed by atoms with E-state index in [9.17, 15) is 4.79 Å². The van der Waals surface area contributed by atoms with Gasteiger partial charge in [-0.1, -0.05) is 30.2 Å². The molecule has 1 aliphatic heterocycles. The second-order valence-electron chi connectivity index (χ2n) is 7.05. The molecule has 0 bridgehead atoms. The summed E-state index contributed by atoms with van der Waals surface area (Å²) in [5.74, 6) is 1.40. The van der Waals surface area contributed by atoms with E-state index >= 15 is 0 Å². The van der Waals surface area contributed by atoms with E-state index in [4.69, 9.17) is 4.74 Å². The molecule has 1 fully saturated rings. The van der Waals surface area contributed by atoms with Crippen LogP contribution in [-0.4, -0.2) is 64.4 Å². The molecule has 0 radical (unpaired) electrons. The number of hydrogen-bond donors (Lipinski definition) is 1. The van der Waals surface area contributed by atoms with Crippen LogP contribution in [0.2, 0.25) is 0 Å². The SMILES string of the molecule is CCc1cccc(-n2nnnc2N2CCN(C(=O)Nc3cccc(OC)c3)CC2)c1. The van der Waals surface area contributed by atoms with E-state index in [1.54, 1.807) is 22.8 Å². The molecule has 30 heavy (non-hydrogen) atoms. The Hall–Kier alpha value is -3.62. The molecule has 0 aliphatic carbocycles. The largest absolute Gasteiger partial charge is 0.497 e. The lowest BCUT2D eigenvalue weighted by Gasteiger charge is -2.34. The predicted octanol–water partition coefficient (Wildman–Crippen LogP) is 2.59. The summed E-state index contributed by atoms with van der Waals surface area (Å²) in [4.78, 5) is 16.5. The van der Waals surface area contributed by atoms with Gasteiger partial charge in [-0.3, -0.25) is 0 Å². The third-order valence-electron chi connectivity index (χ3n) is 5.19. The number of nitrogens with zero attached hydrogens (tertiary/aromatic N) is 6. The number of tetrazole rings is 1. The highest BCUT2D eigenvalue weighted by molar-refractivity contribution is 5.89. The van der Waals surface area contributed by atoms with Gasteiger partial charge in [0.15, 0.2) is 0 Å². The number of ether oxygens (including phenoxy) is 1. The van der Waals surface area contributed by atoms with E-state index in [0.717, 1.165) is 12.1 Å². The van der Waals surface area contributed by atoms with Crippen LogP contribution in [-0.2, 0) is 6.42 Å². The zero-order valence-electron chi connectivity index (χ0n) is 17.2. The number of urea groups is 1. The number of piperazine rings is 1. The summed E-state index contributed by atoms with van der Waals surface area (Å²) < 4.78 is 6.96. The van der Waals surface area contributed by atoms with Gasteiger partial charge in [0, 0.05) is 37.9 Å². The Labute approximate surface area is 175 Å². The molecule has 4 rings (SSSR count). The molecule has 1 N–H and O–H groups in total. The monoisotopic (exact) mass is 407 g/mol. The summed E-state index contributed by atoms with van der Waals surface area (Å²) in [5.41, 5.74) is 2.88. The number of aromatic nitrogens is 4. The molecule has 0 saturated carbocycles. The molecule has 2 aromatic carbocycles. The number of hydrogen-bond acceptors (Lipinski definition) is 6. The molecule has 156 valence electrons. The Bertz CT molecular complexity index is 1010. The first-order valence-electron chi connectivity index (χ1n) is 10.0. The van der Waals surface area contributed by atoms with Gasteiger partial charge in [0.1, 0.15) is 5.75 Å². The fourth-order valence-corrected chi connectivity index (χ4v) is 3.47. The first kappa shape index (κ1) is 19.7. The van der Waals surface area contributed by atoms with E-state index in [2.05, 4.69) is 44.8 Å². The number of anilines is 2. The third-order valence-corrected chi connectivity index (χ3v) is 5.19. The molecule has 2 heterocycles. The lowest BCUT2D eigenvalue weighted by Crippen LogP contribution is -2.50. The average molecular weight is 407 g/mol. The second kappa shape index (κ2) is 8.81. The summed E-state index contributed by atoms with van der Waals surface area (Å²) in [6.45, 7) is 4.59. The lowest BCUT2D eigenvalue weighted by molar-refractivity contribution is 0.208. The van der Waals surface area contributed by atoms with Gasteiger partial charge in [-0.2, -0.15) is 4.68 Å². The maximum Gasteiger partial charge on any atom is 0.321 e. The minimum Gasteiger partial charge on any atom is -0.497 e. The Morgan fingerprint density at radius 3 is 2.67 bits per heavy atom. The Balaban J connectivity index is 1.40. The standard InChI is InChI=1S/C21H25N7O2/c1-3-16-6-4-8-18(14-16)28-20(23-24-25-28)26-10-12-27(13-11-26)21(29)22-17-7-5-9-19(15-17)30-2/h4-9,14-15H,3,10-13H2,1-2H3,(H,22,29). The van der Waals surface area contributed by atoms with Gasteiger partial charge in [0.25, 0.3) is 0 Å². The van der Waals surface area contributed by atoms with Crippen molar-refractivity contribution in [3.05, 3.63) is 54.1 Å². The summed E-state index contributed by atoms with van der Waals surface area (Å²) in [6.07, 6.45) is 0.951. The van der Waals surface area contributed by atoms with Crippen molar-refractivity contribution in [2.24, 2.45) is 0 Å². The van der Waals surface area contributed by atoms with Crippen molar-refractivity contribution in [3.63, 3.8) is 0 Å². The first-order valence-corrected chi connectivity index (χ1v) is 10.0. The summed E-state index contributed by atoms with van der Waals surface area (Å²) in [6, 6.07) is 15.4. The van der Waals surface area contributed by atoms with E-state index in [0.29, 0.717) is 43.6 Å². The van der Waals surface area contributed by atoms with Gasteiger partial charge in [-0.15, -0.1) is 0 Å². The van der Waals surface area contributed by atoms with Crippen LogP contribution in [0.1, 0.15) is 12.5 Å². The topological polar surface area (TPSA) is 88.4 Å². The molecule has 1 saturated heterocycles. The lowest BCUT2D eigenvalue weighted by atomic mass is 10.1. The summed E-state index contributed by atoms with van der Waals surface area (Å²) >= 11 is 0. The van der Waals surface area contributed by atoms with Gasteiger partial charge in [-0.05, 0) is 46.7 Å². The number of amides is 2. The van der Waals surface area contributed by atoms with Crippen LogP contribution in [0.5, 0.6) is 5.75 Å². The predicted molar refractivity (Wildman–Crippen MR) is 114 cm³/mol. The minimum atomic E-state index is -0.127. The van der Waals surface area contributed by atoms with Gasteiger partial charge in [-0.25, -0.2) is 4.79 Å². The molecule has 0 unspecified atom stereocenters. The van der Waals surface area contributed by atoms with Crippen molar-refractivity contribution in [2.75, 3.05) is 43.5 Å². The molecule has 3 aromatic rings. The number of methoxy groups -OCH3 is 1. The Morgan fingerprint density at radius 2 is 1.90 bits per heavy atom. The fraction of sp³-hybridized carbons (Fsp3) is 0.333. The summed E-state index contributed by atoms with van der Waals surface area (Å²) in [7, 11) is 1.60. The van der Waals surface area contributed by atoms with Crippen molar-refractivity contribution in [1.29, 1.82) is 0 Å². The number of carbonyl (C=O) groups is 1. The first-order chi connectivity index (χ1) is 14.7. The van der Waals surface area contributed by atoms with Crippen LogP contribution in [0, 0.1) is 0 Å². The van der Waals surface area contributed by atoms with Crippen molar-refractivity contribution in [1.82, 2.24) is 25.1 Å². The van der Waals surface area contributed by atoms with Gasteiger partial charge < -0.3 is 19.9 Å². The smallest absolute Gasteiger partial charge is 0.321 e. The number of nitrogens with one attached hydrogen (secondary N) is 1.